The van der Waals surface area contributed by atoms with Gasteiger partial charge in [-0.15, -0.1) is 22.6 Å². The lowest BCUT2D eigenvalue weighted by Gasteiger charge is -2.02. The Kier molecular flexibility index (Phi) is 5.52. The van der Waals surface area contributed by atoms with Crippen LogP contribution in [0.2, 0.25) is 0 Å². The van der Waals surface area contributed by atoms with Gasteiger partial charge in [0.1, 0.15) is 5.82 Å². The largest absolute Gasteiger partial charge is 0.324 e. The molecule has 2 N–H and O–H groups in total. The lowest BCUT2D eigenvalue weighted by Crippen LogP contribution is -2.05. The van der Waals surface area contributed by atoms with Crippen LogP contribution in [0.25, 0.3) is 0 Å². The topological polar surface area (TPSA) is 82.5 Å². The summed E-state index contributed by atoms with van der Waals surface area (Å²) in [5.74, 6) is 1.51. The van der Waals surface area contributed by atoms with Crippen molar-refractivity contribution in [2.45, 2.75) is 24.4 Å². The van der Waals surface area contributed by atoms with E-state index in [1.54, 1.807) is 24.2 Å². The highest BCUT2D eigenvalue weighted by atomic mass is 35.5. The number of rotatable bonds is 4. The molecule has 8 heteroatoms. The molecule has 18 heavy (non-hydrogen) atoms. The van der Waals surface area contributed by atoms with Crippen molar-refractivity contribution in [3.8, 4) is 0 Å². The van der Waals surface area contributed by atoms with Crippen LogP contribution in [-0.4, -0.2) is 24.7 Å². The number of nitrogens with two attached hydrogens (primary N) is 1. The third-order valence-electron chi connectivity index (χ3n) is 2.29. The Bertz CT molecular complexity index is 498. The Morgan fingerprint density at radius 3 is 2.61 bits per heavy atom. The maximum absolute atomic E-state index is 5.53. The molecule has 0 aliphatic carbocycles. The van der Waals surface area contributed by atoms with Gasteiger partial charge in [-0.3, -0.25) is 9.97 Å². The van der Waals surface area contributed by atoms with Gasteiger partial charge in [0.2, 0.25) is 0 Å². The first-order valence-corrected chi connectivity index (χ1v) is 6.18. The fourth-order valence-corrected chi connectivity index (χ4v) is 2.10. The molecule has 6 nitrogen and oxygen atoms in total. The highest BCUT2D eigenvalue weighted by Crippen LogP contribution is 2.19. The molecule has 0 saturated carbocycles. The van der Waals surface area contributed by atoms with Gasteiger partial charge in [0.05, 0.1) is 17.9 Å². The van der Waals surface area contributed by atoms with Crippen molar-refractivity contribution >= 4 is 24.2 Å². The molecule has 0 unspecified atom stereocenters. The maximum atomic E-state index is 5.53. The van der Waals surface area contributed by atoms with Crippen LogP contribution in [0, 0.1) is 6.92 Å². The Morgan fingerprint density at radius 1 is 1.28 bits per heavy atom. The first kappa shape index (κ1) is 14.9. The van der Waals surface area contributed by atoms with E-state index in [9.17, 15) is 0 Å². The first-order chi connectivity index (χ1) is 8.20. The summed E-state index contributed by atoms with van der Waals surface area (Å²) in [6, 6.07) is 0. The van der Waals surface area contributed by atoms with E-state index in [0.717, 1.165) is 28.1 Å². The highest BCUT2D eigenvalue weighted by Gasteiger charge is 2.08. The molecule has 2 aromatic heterocycles. The van der Waals surface area contributed by atoms with E-state index in [-0.39, 0.29) is 12.4 Å². The third kappa shape index (κ3) is 3.41. The lowest BCUT2D eigenvalue weighted by molar-refractivity contribution is 0.734. The summed E-state index contributed by atoms with van der Waals surface area (Å²) in [4.78, 5) is 8.48. The molecule has 0 aliphatic rings. The summed E-state index contributed by atoms with van der Waals surface area (Å²) < 4.78 is 1.90. The zero-order chi connectivity index (χ0) is 12.3. The van der Waals surface area contributed by atoms with Crippen LogP contribution >= 0.6 is 24.2 Å². The smallest absolute Gasteiger partial charge is 0.191 e. The second-order valence-electron chi connectivity index (χ2n) is 3.60. The summed E-state index contributed by atoms with van der Waals surface area (Å²) in [6.45, 7) is 2.31. The van der Waals surface area contributed by atoms with Gasteiger partial charge in [0.25, 0.3) is 0 Å². The van der Waals surface area contributed by atoms with E-state index in [1.165, 1.54) is 0 Å². The molecule has 0 atom stereocenters. The van der Waals surface area contributed by atoms with E-state index < -0.39 is 0 Å². The quantitative estimate of drug-likeness (QED) is 0.847. The number of aryl methyl sites for hydroxylation is 1. The predicted molar refractivity (Wildman–Crippen MR) is 72.5 cm³/mol. The second-order valence-corrected chi connectivity index (χ2v) is 4.54. The van der Waals surface area contributed by atoms with Crippen LogP contribution in [0.5, 0.6) is 0 Å². The Morgan fingerprint density at radius 2 is 2.06 bits per heavy atom. The number of hydrogen-bond acceptors (Lipinski definition) is 6. The van der Waals surface area contributed by atoms with Crippen LogP contribution in [0.1, 0.15) is 17.2 Å². The van der Waals surface area contributed by atoms with Gasteiger partial charge in [-0.25, -0.2) is 0 Å². The summed E-state index contributed by atoms with van der Waals surface area (Å²) >= 11 is 1.57. The molecule has 0 fully saturated rings. The van der Waals surface area contributed by atoms with Crippen molar-refractivity contribution in [2.24, 2.45) is 12.8 Å². The molecule has 0 saturated heterocycles. The molecule has 0 spiro atoms. The number of nitrogens with zero attached hydrogens (tertiary/aromatic N) is 5. The van der Waals surface area contributed by atoms with Gasteiger partial charge in [0, 0.05) is 25.2 Å². The number of hydrogen-bond donors (Lipinski definition) is 1. The fraction of sp³-hybridized carbons (Fsp3) is 0.400. The van der Waals surface area contributed by atoms with Crippen LogP contribution in [0.3, 0.4) is 0 Å². The minimum Gasteiger partial charge on any atom is -0.324 e. The van der Waals surface area contributed by atoms with Gasteiger partial charge in [-0.05, 0) is 6.92 Å². The van der Waals surface area contributed by atoms with Crippen molar-refractivity contribution < 1.29 is 0 Å². The van der Waals surface area contributed by atoms with E-state index in [4.69, 9.17) is 5.73 Å². The average Bonchev–Trinajstić information content (AvgIpc) is 2.69. The average molecular weight is 287 g/mol. The normalized spacial score (nSPS) is 10.2. The number of thioether (sulfide) groups is 1. The maximum Gasteiger partial charge on any atom is 0.191 e. The van der Waals surface area contributed by atoms with Gasteiger partial charge in [-0.1, -0.05) is 11.8 Å². The molecule has 0 amide bonds. The van der Waals surface area contributed by atoms with Crippen molar-refractivity contribution in [1.29, 1.82) is 0 Å². The van der Waals surface area contributed by atoms with E-state index in [2.05, 4.69) is 20.2 Å². The van der Waals surface area contributed by atoms with E-state index in [1.807, 2.05) is 18.5 Å². The van der Waals surface area contributed by atoms with Crippen molar-refractivity contribution in [1.82, 2.24) is 24.7 Å². The lowest BCUT2D eigenvalue weighted by atomic mass is 10.4. The third-order valence-corrected chi connectivity index (χ3v) is 3.35. The van der Waals surface area contributed by atoms with Crippen LogP contribution in [-0.2, 0) is 19.3 Å². The van der Waals surface area contributed by atoms with Gasteiger partial charge in [-0.2, -0.15) is 0 Å². The summed E-state index contributed by atoms with van der Waals surface area (Å²) in [5.41, 5.74) is 7.38. The predicted octanol–water partition coefficient (Wildman–Crippen LogP) is 1.09. The second kappa shape index (κ2) is 6.67. The molecule has 2 heterocycles. The molecule has 0 bridgehead atoms. The Balaban J connectivity index is 0.00000162. The minimum absolute atomic E-state index is 0. The van der Waals surface area contributed by atoms with Crippen molar-refractivity contribution in [2.75, 3.05) is 0 Å². The zero-order valence-corrected chi connectivity index (χ0v) is 11.8. The molecular formula is C10H15ClN6S. The monoisotopic (exact) mass is 286 g/mol. The first-order valence-electron chi connectivity index (χ1n) is 5.19. The summed E-state index contributed by atoms with van der Waals surface area (Å²) in [7, 11) is 1.91. The molecular weight excluding hydrogens is 272 g/mol. The molecule has 98 valence electrons. The van der Waals surface area contributed by atoms with Gasteiger partial charge >= 0.3 is 0 Å². The van der Waals surface area contributed by atoms with Gasteiger partial charge < -0.3 is 10.3 Å². The Hall–Kier alpha value is -1.18. The van der Waals surface area contributed by atoms with Crippen molar-refractivity contribution in [3.05, 3.63) is 29.6 Å². The molecule has 0 aromatic carbocycles. The van der Waals surface area contributed by atoms with E-state index >= 15 is 0 Å². The highest BCUT2D eigenvalue weighted by molar-refractivity contribution is 7.98. The molecule has 0 aliphatic heterocycles. The SMILES string of the molecule is Cc1cnc(CSc2nnc(CN)n2C)cn1.Cl. The number of aromatic nitrogens is 5. The summed E-state index contributed by atoms with van der Waals surface area (Å²) in [5, 5.41) is 8.90. The zero-order valence-electron chi connectivity index (χ0n) is 10.2. The molecule has 0 radical (unpaired) electrons. The standard InChI is InChI=1S/C10H14N6S.ClH/c1-7-4-13-8(5-12-7)6-17-10-15-14-9(3-11)16(10)2;/h4-5H,3,6,11H2,1-2H3;1H. The van der Waals surface area contributed by atoms with Crippen LogP contribution in [0.4, 0.5) is 0 Å². The van der Waals surface area contributed by atoms with Crippen molar-refractivity contribution in [3.63, 3.8) is 0 Å². The Labute approximate surface area is 116 Å². The number of halogens is 1. The van der Waals surface area contributed by atoms with Gasteiger partial charge in [0.15, 0.2) is 5.16 Å². The molecule has 2 rings (SSSR count). The minimum atomic E-state index is 0. The van der Waals surface area contributed by atoms with E-state index in [0.29, 0.717) is 6.54 Å². The van der Waals surface area contributed by atoms with Crippen LogP contribution in [0.15, 0.2) is 17.6 Å². The fourth-order valence-electron chi connectivity index (χ4n) is 1.28. The molecule has 2 aromatic rings. The van der Waals surface area contributed by atoms with Crippen LogP contribution < -0.4 is 5.73 Å². The summed E-state index contributed by atoms with van der Waals surface area (Å²) in [6.07, 6.45) is 3.54.